The first-order chi connectivity index (χ1) is 7.24. The van der Waals surface area contributed by atoms with Crippen LogP contribution in [-0.4, -0.2) is 23.3 Å². The van der Waals surface area contributed by atoms with Gasteiger partial charge in [0.15, 0.2) is 0 Å². The number of allylic oxidation sites excluding steroid dienone is 2. The highest BCUT2D eigenvalue weighted by Gasteiger charge is 2.58. The van der Waals surface area contributed by atoms with Crippen LogP contribution in [0.4, 0.5) is 0 Å². The summed E-state index contributed by atoms with van der Waals surface area (Å²) in [4.78, 5) is 25.6. The maximum absolute atomic E-state index is 12.0. The second-order valence-electron chi connectivity index (χ2n) is 4.83. The molecule has 2 bridgehead atoms. The fraction of sp³-hybridized carbons (Fsp3) is 0.667. The summed E-state index contributed by atoms with van der Waals surface area (Å²) in [5, 5.41) is 0. The topological polar surface area (TPSA) is 37.4 Å². The number of nitrogens with zero attached hydrogens (tertiary/aromatic N) is 1. The predicted molar refractivity (Wildman–Crippen MR) is 54.7 cm³/mol. The minimum atomic E-state index is -0.0148. The van der Waals surface area contributed by atoms with E-state index < -0.39 is 0 Å². The molecule has 3 rings (SSSR count). The number of carbonyl (C=O) groups excluding carboxylic acids is 2. The van der Waals surface area contributed by atoms with E-state index in [0.717, 1.165) is 12.8 Å². The Labute approximate surface area is 89.1 Å². The van der Waals surface area contributed by atoms with E-state index in [1.807, 2.05) is 6.92 Å². The second-order valence-corrected chi connectivity index (χ2v) is 4.83. The van der Waals surface area contributed by atoms with E-state index in [0.29, 0.717) is 18.4 Å². The number of amides is 2. The normalized spacial score (nSPS) is 41.8. The molecular formula is C12H15NO2. The van der Waals surface area contributed by atoms with Crippen molar-refractivity contribution in [3.63, 3.8) is 0 Å². The highest BCUT2D eigenvalue weighted by molar-refractivity contribution is 6.06. The van der Waals surface area contributed by atoms with Gasteiger partial charge in [-0.2, -0.15) is 0 Å². The van der Waals surface area contributed by atoms with Gasteiger partial charge in [0.05, 0.1) is 11.8 Å². The maximum atomic E-state index is 12.0. The monoisotopic (exact) mass is 205 g/mol. The zero-order valence-electron chi connectivity index (χ0n) is 8.85. The summed E-state index contributed by atoms with van der Waals surface area (Å²) in [5.74, 6) is 0.835. The third-order valence-electron chi connectivity index (χ3n) is 4.01. The van der Waals surface area contributed by atoms with Crippen molar-refractivity contribution >= 4 is 11.8 Å². The third kappa shape index (κ3) is 1.01. The first-order valence-electron chi connectivity index (χ1n) is 5.77. The molecule has 0 N–H and O–H groups in total. The average Bonchev–Trinajstić information content (AvgIpc) is 2.87. The van der Waals surface area contributed by atoms with Crippen molar-refractivity contribution in [2.75, 3.05) is 6.54 Å². The predicted octanol–water partition coefficient (Wildman–Crippen LogP) is 1.20. The Morgan fingerprint density at radius 1 is 1.20 bits per heavy atom. The van der Waals surface area contributed by atoms with Crippen molar-refractivity contribution in [2.45, 2.75) is 19.8 Å². The van der Waals surface area contributed by atoms with Gasteiger partial charge in [0.25, 0.3) is 0 Å². The zero-order chi connectivity index (χ0) is 10.6. The largest absolute Gasteiger partial charge is 0.282 e. The molecule has 0 radical (unpaired) electrons. The summed E-state index contributed by atoms with van der Waals surface area (Å²) < 4.78 is 0. The molecule has 0 spiro atoms. The first kappa shape index (κ1) is 9.13. The molecule has 3 heteroatoms. The van der Waals surface area contributed by atoms with Crippen LogP contribution in [0.5, 0.6) is 0 Å². The molecule has 0 aromatic rings. The third-order valence-corrected chi connectivity index (χ3v) is 4.01. The lowest BCUT2D eigenvalue weighted by Crippen LogP contribution is -2.33. The van der Waals surface area contributed by atoms with Crippen molar-refractivity contribution in [3.05, 3.63) is 12.2 Å². The number of likely N-dealkylation sites (tertiary alicyclic amines) is 1. The highest BCUT2D eigenvalue weighted by Crippen LogP contribution is 2.52. The molecule has 2 amide bonds. The van der Waals surface area contributed by atoms with Gasteiger partial charge in [-0.05, 0) is 24.7 Å². The standard InChI is InChI=1S/C12H15NO2/c1-2-5-13-11(14)9-7-3-4-8(6-7)10(9)12(13)15/h3-4,7-10H,2,5-6H2,1H3/t7-,8-,9+,10+/m0/s1. The molecule has 3 aliphatic rings. The summed E-state index contributed by atoms with van der Waals surface area (Å²) in [7, 11) is 0. The zero-order valence-corrected chi connectivity index (χ0v) is 8.85. The molecular weight excluding hydrogens is 190 g/mol. The second kappa shape index (κ2) is 2.94. The van der Waals surface area contributed by atoms with Crippen LogP contribution in [0, 0.1) is 23.7 Å². The summed E-state index contributed by atoms with van der Waals surface area (Å²) in [6.45, 7) is 2.60. The van der Waals surface area contributed by atoms with Crippen LogP contribution >= 0.6 is 0 Å². The molecule has 2 fully saturated rings. The van der Waals surface area contributed by atoms with Gasteiger partial charge in [-0.25, -0.2) is 0 Å². The Balaban J connectivity index is 1.93. The molecule has 0 aromatic carbocycles. The molecule has 4 atom stereocenters. The van der Waals surface area contributed by atoms with Crippen LogP contribution in [0.15, 0.2) is 12.2 Å². The van der Waals surface area contributed by atoms with E-state index in [9.17, 15) is 9.59 Å². The van der Waals surface area contributed by atoms with Gasteiger partial charge in [-0.15, -0.1) is 0 Å². The molecule has 1 saturated carbocycles. The Hall–Kier alpha value is -1.12. The molecule has 80 valence electrons. The Morgan fingerprint density at radius 3 is 2.20 bits per heavy atom. The molecule has 0 aromatic heterocycles. The Morgan fingerprint density at radius 2 is 1.73 bits per heavy atom. The van der Waals surface area contributed by atoms with E-state index in [1.165, 1.54) is 4.90 Å². The fourth-order valence-corrected chi connectivity index (χ4v) is 3.41. The number of fused-ring (bicyclic) bond motifs is 5. The minimum Gasteiger partial charge on any atom is -0.282 e. The van der Waals surface area contributed by atoms with Crippen molar-refractivity contribution < 1.29 is 9.59 Å². The van der Waals surface area contributed by atoms with E-state index in [4.69, 9.17) is 0 Å². The van der Waals surface area contributed by atoms with Crippen molar-refractivity contribution in [1.82, 2.24) is 4.90 Å². The first-order valence-corrected chi connectivity index (χ1v) is 5.77. The number of carbonyl (C=O) groups is 2. The SMILES string of the molecule is CCCN1C(=O)[C@H]2[C@H](C1=O)[C@H]1C=C[C@H]2C1. The van der Waals surface area contributed by atoms with Gasteiger partial charge in [0.1, 0.15) is 0 Å². The molecule has 3 nitrogen and oxygen atoms in total. The van der Waals surface area contributed by atoms with Crippen LogP contribution in [0.1, 0.15) is 19.8 Å². The number of imide groups is 1. The quantitative estimate of drug-likeness (QED) is 0.502. The molecule has 0 unspecified atom stereocenters. The van der Waals surface area contributed by atoms with Crippen LogP contribution in [0.25, 0.3) is 0 Å². The van der Waals surface area contributed by atoms with Crippen LogP contribution in [-0.2, 0) is 9.59 Å². The summed E-state index contributed by atoms with van der Waals surface area (Å²) in [6.07, 6.45) is 6.14. The van der Waals surface area contributed by atoms with E-state index >= 15 is 0 Å². The van der Waals surface area contributed by atoms with E-state index in [-0.39, 0.29) is 23.7 Å². The van der Waals surface area contributed by atoms with Crippen molar-refractivity contribution in [3.8, 4) is 0 Å². The van der Waals surface area contributed by atoms with E-state index in [1.54, 1.807) is 0 Å². The molecule has 1 aliphatic heterocycles. The minimum absolute atomic E-state index is 0.0148. The molecule has 1 heterocycles. The van der Waals surface area contributed by atoms with Crippen LogP contribution in [0.2, 0.25) is 0 Å². The number of hydrogen-bond donors (Lipinski definition) is 0. The smallest absolute Gasteiger partial charge is 0.233 e. The van der Waals surface area contributed by atoms with E-state index in [2.05, 4.69) is 12.2 Å². The van der Waals surface area contributed by atoms with Gasteiger partial charge >= 0.3 is 0 Å². The van der Waals surface area contributed by atoms with Crippen molar-refractivity contribution in [1.29, 1.82) is 0 Å². The fourth-order valence-electron chi connectivity index (χ4n) is 3.41. The summed E-state index contributed by atoms with van der Waals surface area (Å²) >= 11 is 0. The lowest BCUT2D eigenvalue weighted by molar-refractivity contribution is -0.140. The number of hydrogen-bond acceptors (Lipinski definition) is 2. The highest BCUT2D eigenvalue weighted by atomic mass is 16.2. The van der Waals surface area contributed by atoms with Gasteiger partial charge in [-0.1, -0.05) is 19.1 Å². The molecule has 1 saturated heterocycles. The van der Waals surface area contributed by atoms with Crippen LogP contribution < -0.4 is 0 Å². The van der Waals surface area contributed by atoms with Crippen LogP contribution in [0.3, 0.4) is 0 Å². The van der Waals surface area contributed by atoms with Crippen molar-refractivity contribution in [2.24, 2.45) is 23.7 Å². The molecule has 15 heavy (non-hydrogen) atoms. The summed E-state index contributed by atoms with van der Waals surface area (Å²) in [6, 6.07) is 0. The van der Waals surface area contributed by atoms with Gasteiger partial charge in [0, 0.05) is 6.54 Å². The van der Waals surface area contributed by atoms with Gasteiger partial charge in [0.2, 0.25) is 11.8 Å². The van der Waals surface area contributed by atoms with Gasteiger partial charge in [-0.3, -0.25) is 14.5 Å². The lowest BCUT2D eigenvalue weighted by Gasteiger charge is -2.15. The maximum Gasteiger partial charge on any atom is 0.233 e. The average molecular weight is 205 g/mol. The lowest BCUT2D eigenvalue weighted by atomic mass is 9.85. The number of rotatable bonds is 2. The Kier molecular flexibility index (Phi) is 1.79. The Bertz CT molecular complexity index is 331. The van der Waals surface area contributed by atoms with Gasteiger partial charge < -0.3 is 0 Å². The summed E-state index contributed by atoms with van der Waals surface area (Å²) in [5.41, 5.74) is 0. The molecule has 2 aliphatic carbocycles.